The first-order valence-electron chi connectivity index (χ1n) is 10.8. The van der Waals surface area contributed by atoms with E-state index in [1.165, 1.54) is 22.6 Å². The lowest BCUT2D eigenvalue weighted by atomic mass is 9.71. The van der Waals surface area contributed by atoms with E-state index in [0.717, 1.165) is 47.0 Å². The Morgan fingerprint density at radius 1 is 1.27 bits per heavy atom. The number of hydrogen-bond acceptors (Lipinski definition) is 4. The smallest absolute Gasteiger partial charge is 0.259 e. The molecule has 30 heavy (non-hydrogen) atoms. The number of amides is 1. The van der Waals surface area contributed by atoms with Gasteiger partial charge in [-0.3, -0.25) is 4.79 Å². The van der Waals surface area contributed by atoms with Gasteiger partial charge in [0.1, 0.15) is 4.83 Å². The van der Waals surface area contributed by atoms with Gasteiger partial charge in [0.25, 0.3) is 5.91 Å². The molecule has 0 aliphatic heterocycles. The number of carbonyl (C=O) groups excluding carboxylic acids is 1. The zero-order valence-electron chi connectivity index (χ0n) is 18.1. The Kier molecular flexibility index (Phi) is 5.69. The molecule has 2 aromatic heterocycles. The summed E-state index contributed by atoms with van der Waals surface area (Å²) in [5.41, 5.74) is 16.8. The number of nitrogens with two attached hydrogens (primary N) is 2. The van der Waals surface area contributed by atoms with Crippen molar-refractivity contribution in [3.63, 3.8) is 0 Å². The Morgan fingerprint density at radius 3 is 2.63 bits per heavy atom. The lowest BCUT2D eigenvalue weighted by Gasteiger charge is -2.34. The molecule has 0 saturated carbocycles. The van der Waals surface area contributed by atoms with Gasteiger partial charge >= 0.3 is 0 Å². The third-order valence-electron chi connectivity index (χ3n) is 6.54. The minimum Gasteiger partial charge on any atom is -0.365 e. The summed E-state index contributed by atoms with van der Waals surface area (Å²) in [6.07, 6.45) is 3.96. The van der Waals surface area contributed by atoms with Crippen molar-refractivity contribution >= 4 is 27.5 Å². The molecule has 0 radical (unpaired) electrons. The summed E-state index contributed by atoms with van der Waals surface area (Å²) in [4.78, 5) is 19.0. The van der Waals surface area contributed by atoms with E-state index >= 15 is 0 Å². The molecule has 4 N–H and O–H groups in total. The molecule has 2 heterocycles. The normalized spacial score (nSPS) is 17.7. The first-order chi connectivity index (χ1) is 14.3. The van der Waals surface area contributed by atoms with E-state index in [1.807, 2.05) is 18.2 Å². The molecule has 0 fully saturated rings. The Balaban J connectivity index is 1.89. The van der Waals surface area contributed by atoms with E-state index in [0.29, 0.717) is 17.3 Å². The van der Waals surface area contributed by atoms with Crippen LogP contribution in [0.2, 0.25) is 0 Å². The van der Waals surface area contributed by atoms with Crippen LogP contribution < -0.4 is 11.5 Å². The molecule has 1 unspecified atom stereocenters. The van der Waals surface area contributed by atoms with Crippen LogP contribution in [0.1, 0.15) is 71.6 Å². The van der Waals surface area contributed by atoms with E-state index in [1.54, 1.807) is 0 Å². The Hall–Kier alpha value is -2.24. The molecule has 1 aromatic carbocycles. The monoisotopic (exact) mass is 421 g/mol. The number of aromatic nitrogens is 1. The molecule has 0 spiro atoms. The van der Waals surface area contributed by atoms with Crippen molar-refractivity contribution in [3.05, 3.63) is 63.7 Å². The molecule has 1 aliphatic carbocycles. The number of benzene rings is 1. The van der Waals surface area contributed by atoms with Crippen molar-refractivity contribution in [3.8, 4) is 0 Å². The van der Waals surface area contributed by atoms with Crippen molar-refractivity contribution in [1.29, 1.82) is 0 Å². The van der Waals surface area contributed by atoms with E-state index in [9.17, 15) is 4.79 Å². The summed E-state index contributed by atoms with van der Waals surface area (Å²) >= 11 is 1.43. The van der Waals surface area contributed by atoms with Crippen LogP contribution in [0, 0.1) is 11.3 Å². The average molecular weight is 422 g/mol. The topological polar surface area (TPSA) is 82.0 Å². The second-order valence-corrected chi connectivity index (χ2v) is 10.5. The van der Waals surface area contributed by atoms with Gasteiger partial charge in [-0.25, -0.2) is 4.98 Å². The minimum atomic E-state index is -0.378. The quantitative estimate of drug-likeness (QED) is 0.606. The maximum absolute atomic E-state index is 12.4. The van der Waals surface area contributed by atoms with Gasteiger partial charge in [-0.1, -0.05) is 51.1 Å². The lowest BCUT2D eigenvalue weighted by molar-refractivity contribution is 0.100. The van der Waals surface area contributed by atoms with Crippen molar-refractivity contribution in [2.45, 2.75) is 52.4 Å². The lowest BCUT2D eigenvalue weighted by Crippen LogP contribution is -2.27. The van der Waals surface area contributed by atoms with Crippen LogP contribution in [0.3, 0.4) is 0 Å². The summed E-state index contributed by atoms with van der Waals surface area (Å²) in [6, 6.07) is 12.6. The summed E-state index contributed by atoms with van der Waals surface area (Å²) in [5.74, 6) is 0.293. The highest BCUT2D eigenvalue weighted by atomic mass is 32.1. The number of hydrogen-bond donors (Lipinski definition) is 2. The molecule has 4 nitrogen and oxygen atoms in total. The Morgan fingerprint density at radius 2 is 2.00 bits per heavy atom. The van der Waals surface area contributed by atoms with Crippen molar-refractivity contribution in [1.82, 2.24) is 4.98 Å². The van der Waals surface area contributed by atoms with Crippen molar-refractivity contribution < 1.29 is 4.79 Å². The minimum absolute atomic E-state index is 0.0364. The number of thiophene rings is 1. The average Bonchev–Trinajstić information content (AvgIpc) is 3.08. The number of aryl methyl sites for hydroxylation is 1. The molecule has 5 heteroatoms. The van der Waals surface area contributed by atoms with Gasteiger partial charge in [-0.05, 0) is 66.3 Å². The highest BCUT2D eigenvalue weighted by Gasteiger charge is 2.31. The second-order valence-electron chi connectivity index (χ2n) is 9.50. The largest absolute Gasteiger partial charge is 0.365 e. The first-order valence-corrected chi connectivity index (χ1v) is 11.6. The van der Waals surface area contributed by atoms with Crippen LogP contribution in [-0.4, -0.2) is 17.4 Å². The molecule has 158 valence electrons. The predicted molar refractivity (Wildman–Crippen MR) is 125 cm³/mol. The first kappa shape index (κ1) is 21.0. The Labute approximate surface area is 182 Å². The number of nitrogens with zero attached hydrogens (tertiary/aromatic N) is 1. The van der Waals surface area contributed by atoms with Crippen molar-refractivity contribution in [2.24, 2.45) is 22.8 Å². The summed E-state index contributed by atoms with van der Waals surface area (Å²) in [6.45, 7) is 7.51. The van der Waals surface area contributed by atoms with E-state index in [4.69, 9.17) is 16.5 Å². The molecule has 2 atom stereocenters. The highest BCUT2D eigenvalue weighted by molar-refractivity contribution is 7.20. The molecular formula is C25H31N3OS. The molecular weight excluding hydrogens is 390 g/mol. The van der Waals surface area contributed by atoms with Crippen LogP contribution in [0.25, 0.3) is 10.2 Å². The third kappa shape index (κ3) is 3.88. The van der Waals surface area contributed by atoms with Crippen molar-refractivity contribution in [2.75, 3.05) is 6.54 Å². The summed E-state index contributed by atoms with van der Waals surface area (Å²) in [5, 5.41) is 1.07. The summed E-state index contributed by atoms with van der Waals surface area (Å²) in [7, 11) is 0. The molecule has 1 aliphatic rings. The third-order valence-corrected chi connectivity index (χ3v) is 7.67. The Bertz CT molecular complexity index is 1070. The maximum Gasteiger partial charge on any atom is 0.259 e. The van der Waals surface area contributed by atoms with Gasteiger partial charge in [-0.15, -0.1) is 11.3 Å². The molecule has 1 amide bonds. The van der Waals surface area contributed by atoms with Crippen LogP contribution in [0.4, 0.5) is 0 Å². The molecule has 0 saturated heterocycles. The fraction of sp³-hybridized carbons (Fsp3) is 0.440. The second kappa shape index (κ2) is 8.12. The fourth-order valence-corrected chi connectivity index (χ4v) is 5.88. The fourth-order valence-electron chi connectivity index (χ4n) is 4.79. The molecule has 3 aromatic rings. The molecule has 4 rings (SSSR count). The van der Waals surface area contributed by atoms with Crippen LogP contribution in [-0.2, 0) is 12.8 Å². The van der Waals surface area contributed by atoms with E-state index in [2.05, 4.69) is 39.0 Å². The van der Waals surface area contributed by atoms with E-state index < -0.39 is 0 Å². The summed E-state index contributed by atoms with van der Waals surface area (Å²) < 4.78 is 0. The number of pyridine rings is 1. The maximum atomic E-state index is 12.4. The number of carbonyl (C=O) groups is 1. The SMILES string of the molecule is CC(C)(C)C1CCc2nc3sc(C(N)=O)c([C@H](CCN)c4ccccc4)c3cc2C1. The van der Waals surface area contributed by atoms with Gasteiger partial charge in [-0.2, -0.15) is 0 Å². The van der Waals surface area contributed by atoms with Gasteiger partial charge in [0.05, 0.1) is 4.88 Å². The zero-order chi connectivity index (χ0) is 21.5. The standard InChI is InChI=1S/C25H31N3OS/c1-25(2,3)17-9-10-20-16(13-17)14-19-21(22(23(27)29)30-24(19)28-20)18(11-12-26)15-7-5-4-6-8-15/h4-8,14,17-18H,9-13,26H2,1-3H3,(H2,27,29)/t17?,18-/m1/s1. The highest BCUT2D eigenvalue weighted by Crippen LogP contribution is 2.43. The zero-order valence-corrected chi connectivity index (χ0v) is 18.9. The van der Waals surface area contributed by atoms with Gasteiger partial charge in [0.15, 0.2) is 0 Å². The van der Waals surface area contributed by atoms with Crippen LogP contribution in [0.5, 0.6) is 0 Å². The number of rotatable bonds is 5. The van der Waals surface area contributed by atoms with E-state index in [-0.39, 0.29) is 17.2 Å². The van der Waals surface area contributed by atoms with Gasteiger partial charge < -0.3 is 11.5 Å². The predicted octanol–water partition coefficient (Wildman–Crippen LogP) is 5.03. The van der Waals surface area contributed by atoms with Crippen LogP contribution in [0.15, 0.2) is 36.4 Å². The van der Waals surface area contributed by atoms with Crippen LogP contribution >= 0.6 is 11.3 Å². The molecule has 0 bridgehead atoms. The number of fused-ring (bicyclic) bond motifs is 2. The van der Waals surface area contributed by atoms with Gasteiger partial charge in [0.2, 0.25) is 0 Å². The number of primary amides is 1. The van der Waals surface area contributed by atoms with Gasteiger partial charge in [0, 0.05) is 17.0 Å².